The summed E-state index contributed by atoms with van der Waals surface area (Å²) in [5.74, 6) is -5.73. The van der Waals surface area contributed by atoms with Crippen molar-refractivity contribution in [2.24, 2.45) is 11.8 Å². The van der Waals surface area contributed by atoms with E-state index in [4.69, 9.17) is 9.47 Å². The molecule has 0 saturated carbocycles. The average molecular weight is 426 g/mol. The van der Waals surface area contributed by atoms with Crippen LogP contribution in [0.2, 0.25) is 0 Å². The second-order valence-corrected chi connectivity index (χ2v) is 6.27. The molecule has 0 rings (SSSR count). The molecule has 0 aromatic rings. The number of aliphatic hydroxyl groups excluding tert-OH is 2. The van der Waals surface area contributed by atoms with Crippen molar-refractivity contribution in [3.05, 3.63) is 0 Å². The molecule has 0 aliphatic rings. The van der Waals surface area contributed by atoms with Crippen LogP contribution in [0.1, 0.15) is 39.5 Å². The third-order valence-corrected chi connectivity index (χ3v) is 4.18. The highest BCUT2D eigenvalue weighted by Crippen LogP contribution is 2.35. The lowest BCUT2D eigenvalue weighted by molar-refractivity contribution is -0.231. The molecule has 0 amide bonds. The van der Waals surface area contributed by atoms with Gasteiger partial charge in [-0.15, -0.1) is 0 Å². The van der Waals surface area contributed by atoms with Crippen LogP contribution in [0.3, 0.4) is 0 Å². The van der Waals surface area contributed by atoms with Crippen molar-refractivity contribution in [3.63, 3.8) is 0 Å². The molecular formula is C17H28F6O5. The Labute approximate surface area is 160 Å². The third-order valence-electron chi connectivity index (χ3n) is 4.18. The molecular weight excluding hydrogens is 398 g/mol. The molecule has 168 valence electrons. The summed E-state index contributed by atoms with van der Waals surface area (Å²) >= 11 is 0. The SMILES string of the molecule is CCOCCCC(C(=O)C(CCCOCC)[C@H](O)C(F)(F)F)[C@H](O)C(F)(F)F. The van der Waals surface area contributed by atoms with E-state index in [1.54, 1.807) is 13.8 Å². The van der Waals surface area contributed by atoms with E-state index in [1.165, 1.54) is 0 Å². The summed E-state index contributed by atoms with van der Waals surface area (Å²) < 4.78 is 87.6. The van der Waals surface area contributed by atoms with Crippen LogP contribution in [0.25, 0.3) is 0 Å². The average Bonchev–Trinajstić information content (AvgIpc) is 2.59. The van der Waals surface area contributed by atoms with Crippen molar-refractivity contribution in [1.82, 2.24) is 0 Å². The van der Waals surface area contributed by atoms with Crippen LogP contribution in [0.4, 0.5) is 26.3 Å². The molecule has 0 radical (unpaired) electrons. The maximum atomic E-state index is 12.9. The van der Waals surface area contributed by atoms with Gasteiger partial charge in [0, 0.05) is 26.4 Å². The van der Waals surface area contributed by atoms with Crippen molar-refractivity contribution >= 4 is 5.78 Å². The Balaban J connectivity index is 5.49. The summed E-state index contributed by atoms with van der Waals surface area (Å²) in [6.07, 6.45) is -17.8. The molecule has 2 N–H and O–H groups in total. The van der Waals surface area contributed by atoms with Crippen LogP contribution in [0, 0.1) is 11.8 Å². The largest absolute Gasteiger partial charge is 0.415 e. The van der Waals surface area contributed by atoms with E-state index in [1.807, 2.05) is 0 Å². The normalized spacial score (nSPS) is 17.2. The second-order valence-electron chi connectivity index (χ2n) is 6.27. The van der Waals surface area contributed by atoms with E-state index >= 15 is 0 Å². The van der Waals surface area contributed by atoms with Gasteiger partial charge in [-0.05, 0) is 39.5 Å². The Morgan fingerprint density at radius 1 is 0.786 bits per heavy atom. The highest BCUT2D eigenvalue weighted by Gasteiger charge is 2.52. The zero-order chi connectivity index (χ0) is 22.0. The Kier molecular flexibility index (Phi) is 12.2. The lowest BCUT2D eigenvalue weighted by Crippen LogP contribution is -2.47. The van der Waals surface area contributed by atoms with Gasteiger partial charge in [0.15, 0.2) is 12.2 Å². The monoisotopic (exact) mass is 426 g/mol. The van der Waals surface area contributed by atoms with Gasteiger partial charge in [0.05, 0.1) is 11.8 Å². The minimum atomic E-state index is -5.19. The first kappa shape index (κ1) is 27.1. The lowest BCUT2D eigenvalue weighted by Gasteiger charge is -2.30. The number of ketones is 1. The number of alkyl halides is 6. The smallest absolute Gasteiger partial charge is 0.383 e. The molecule has 0 saturated heterocycles. The Bertz CT molecular complexity index is 403. The number of halogens is 6. The van der Waals surface area contributed by atoms with Crippen molar-refractivity contribution < 1.29 is 50.8 Å². The van der Waals surface area contributed by atoms with Crippen LogP contribution in [0.5, 0.6) is 0 Å². The number of aliphatic hydroxyl groups is 2. The van der Waals surface area contributed by atoms with E-state index < -0.39 is 55.0 Å². The molecule has 0 aliphatic carbocycles. The van der Waals surface area contributed by atoms with Crippen LogP contribution in [-0.2, 0) is 14.3 Å². The number of ether oxygens (including phenoxy) is 2. The van der Waals surface area contributed by atoms with E-state index in [-0.39, 0.29) is 39.3 Å². The number of carbonyl (C=O) groups excluding carboxylic acids is 1. The minimum Gasteiger partial charge on any atom is -0.383 e. The van der Waals surface area contributed by atoms with Crippen LogP contribution in [0.15, 0.2) is 0 Å². The molecule has 0 bridgehead atoms. The van der Waals surface area contributed by atoms with E-state index in [0.29, 0.717) is 0 Å². The number of carbonyl (C=O) groups is 1. The van der Waals surface area contributed by atoms with Crippen LogP contribution >= 0.6 is 0 Å². The maximum absolute atomic E-state index is 12.9. The molecule has 0 spiro atoms. The van der Waals surface area contributed by atoms with Crippen molar-refractivity contribution in [2.75, 3.05) is 26.4 Å². The van der Waals surface area contributed by atoms with Gasteiger partial charge in [-0.3, -0.25) is 4.79 Å². The minimum absolute atomic E-state index is 0.0122. The van der Waals surface area contributed by atoms with Gasteiger partial charge in [-0.1, -0.05) is 0 Å². The fourth-order valence-corrected chi connectivity index (χ4v) is 2.74. The van der Waals surface area contributed by atoms with Crippen LogP contribution in [-0.4, -0.2) is 67.0 Å². The quantitative estimate of drug-likeness (QED) is 0.329. The molecule has 0 aromatic heterocycles. The summed E-state index contributed by atoms with van der Waals surface area (Å²) in [6.45, 7) is 3.80. The van der Waals surface area contributed by atoms with Gasteiger partial charge in [0.2, 0.25) is 0 Å². The molecule has 2 unspecified atom stereocenters. The van der Waals surface area contributed by atoms with Crippen LogP contribution < -0.4 is 0 Å². The van der Waals surface area contributed by atoms with E-state index in [0.717, 1.165) is 0 Å². The fraction of sp³-hybridized carbons (Fsp3) is 0.941. The standard InChI is InChI=1S/C17H28F6O5/c1-3-27-9-5-7-11(14(25)16(18,19)20)13(24)12(8-6-10-28-4-2)15(26)17(21,22)23/h11-12,14-15,25-26H,3-10H2,1-2H3/t11?,12?,14-,15-/m0/s1. The van der Waals surface area contributed by atoms with Gasteiger partial charge in [0.25, 0.3) is 0 Å². The summed E-state index contributed by atoms with van der Waals surface area (Å²) in [6, 6.07) is 0. The fourth-order valence-electron chi connectivity index (χ4n) is 2.74. The van der Waals surface area contributed by atoms with Gasteiger partial charge < -0.3 is 19.7 Å². The van der Waals surface area contributed by atoms with Gasteiger partial charge in [-0.25, -0.2) is 0 Å². The number of rotatable bonds is 14. The molecule has 0 aliphatic heterocycles. The first-order valence-electron chi connectivity index (χ1n) is 9.06. The molecule has 0 aromatic carbocycles. The topological polar surface area (TPSA) is 76.0 Å². The first-order chi connectivity index (χ1) is 12.9. The van der Waals surface area contributed by atoms with Gasteiger partial charge in [0.1, 0.15) is 5.78 Å². The highest BCUT2D eigenvalue weighted by molar-refractivity contribution is 5.84. The Morgan fingerprint density at radius 2 is 1.11 bits per heavy atom. The molecule has 5 nitrogen and oxygen atoms in total. The van der Waals surface area contributed by atoms with E-state index in [2.05, 4.69) is 0 Å². The summed E-state index contributed by atoms with van der Waals surface area (Å²) in [7, 11) is 0. The Hall–Kier alpha value is -0.910. The zero-order valence-corrected chi connectivity index (χ0v) is 15.9. The number of hydrogen-bond donors (Lipinski definition) is 2. The summed E-state index contributed by atoms with van der Waals surface area (Å²) in [4.78, 5) is 12.5. The van der Waals surface area contributed by atoms with E-state index in [9.17, 15) is 41.4 Å². The predicted octanol–water partition coefficient (Wildman–Crippen LogP) is 3.27. The summed E-state index contributed by atoms with van der Waals surface area (Å²) in [5.41, 5.74) is 0. The molecule has 11 heteroatoms. The zero-order valence-electron chi connectivity index (χ0n) is 15.9. The summed E-state index contributed by atoms with van der Waals surface area (Å²) in [5, 5.41) is 19.1. The molecule has 0 fully saturated rings. The molecule has 28 heavy (non-hydrogen) atoms. The highest BCUT2D eigenvalue weighted by atomic mass is 19.4. The lowest BCUT2D eigenvalue weighted by atomic mass is 9.80. The first-order valence-corrected chi connectivity index (χ1v) is 9.06. The van der Waals surface area contributed by atoms with Gasteiger partial charge >= 0.3 is 12.4 Å². The molecule has 4 atom stereocenters. The second kappa shape index (κ2) is 12.6. The van der Waals surface area contributed by atoms with Crippen molar-refractivity contribution in [3.8, 4) is 0 Å². The van der Waals surface area contributed by atoms with Gasteiger partial charge in [-0.2, -0.15) is 26.3 Å². The van der Waals surface area contributed by atoms with Crippen molar-refractivity contribution in [1.29, 1.82) is 0 Å². The Morgan fingerprint density at radius 3 is 1.36 bits per heavy atom. The molecule has 0 heterocycles. The number of hydrogen-bond acceptors (Lipinski definition) is 5. The third kappa shape index (κ3) is 9.53. The number of Topliss-reactive ketones (excluding diaryl/α,β-unsaturated/α-hetero) is 1. The maximum Gasteiger partial charge on any atom is 0.415 e. The van der Waals surface area contributed by atoms with Crippen molar-refractivity contribution in [2.45, 2.75) is 64.1 Å². The predicted molar refractivity (Wildman–Crippen MR) is 87.6 cm³/mol.